The van der Waals surface area contributed by atoms with Gasteiger partial charge >= 0.3 is 0 Å². The number of nitrogens with zero attached hydrogens (tertiary/aromatic N) is 4. The molecule has 3 rings (SSSR count). The molecule has 10 heteroatoms. The van der Waals surface area contributed by atoms with E-state index >= 15 is 0 Å². The number of carbonyl (C=O) groups is 2. The van der Waals surface area contributed by atoms with Crippen LogP contribution in [0.3, 0.4) is 0 Å². The third-order valence-electron chi connectivity index (χ3n) is 3.47. The van der Waals surface area contributed by atoms with Gasteiger partial charge in [0.1, 0.15) is 6.61 Å². The molecule has 26 heavy (non-hydrogen) atoms. The molecule has 0 radical (unpaired) electrons. The zero-order valence-electron chi connectivity index (χ0n) is 14.6. The molecule has 0 fully saturated rings. The Morgan fingerprint density at radius 1 is 1.31 bits per heavy atom. The summed E-state index contributed by atoms with van der Waals surface area (Å²) in [4.78, 5) is 24.3. The van der Waals surface area contributed by atoms with Crippen molar-refractivity contribution >= 4 is 23.6 Å². The predicted molar refractivity (Wildman–Crippen MR) is 93.0 cm³/mol. The number of rotatable bonds is 4. The van der Waals surface area contributed by atoms with E-state index in [0.717, 1.165) is 11.8 Å². The Morgan fingerprint density at radius 3 is 2.77 bits per heavy atom. The van der Waals surface area contributed by atoms with E-state index in [9.17, 15) is 9.59 Å². The van der Waals surface area contributed by atoms with E-state index in [1.165, 1.54) is 0 Å². The summed E-state index contributed by atoms with van der Waals surface area (Å²) in [6, 6.07) is 7.06. The van der Waals surface area contributed by atoms with Gasteiger partial charge < -0.3 is 9.47 Å². The highest BCUT2D eigenvalue weighted by Gasteiger charge is 2.28. The largest absolute Gasteiger partial charge is 0.485 e. The molecule has 0 saturated carbocycles. The molecule has 9 nitrogen and oxygen atoms in total. The van der Waals surface area contributed by atoms with Crippen molar-refractivity contribution in [3.05, 3.63) is 24.3 Å². The van der Waals surface area contributed by atoms with Gasteiger partial charge in [-0.05, 0) is 43.3 Å². The molecular formula is C16H19N5O4S. The molecule has 2 heterocycles. The second-order valence-corrected chi connectivity index (χ2v) is 7.55. The Kier molecular flexibility index (Phi) is 5.12. The first-order valence-electron chi connectivity index (χ1n) is 7.98. The Morgan fingerprint density at radius 2 is 2.04 bits per heavy atom. The highest BCUT2D eigenvalue weighted by molar-refractivity contribution is 7.99. The summed E-state index contributed by atoms with van der Waals surface area (Å²) in [5, 5.41) is 14.3. The lowest BCUT2D eigenvalue weighted by Gasteiger charge is -2.25. The smallest absolute Gasteiger partial charge is 0.271 e. The van der Waals surface area contributed by atoms with Gasteiger partial charge in [-0.2, -0.15) is 0 Å². The molecule has 0 unspecified atom stereocenters. The van der Waals surface area contributed by atoms with E-state index in [1.807, 2.05) is 26.8 Å². The molecule has 0 saturated heterocycles. The highest BCUT2D eigenvalue weighted by atomic mass is 32.2. The summed E-state index contributed by atoms with van der Waals surface area (Å²) in [5.41, 5.74) is -0.307. The van der Waals surface area contributed by atoms with Gasteiger partial charge in [-0.25, -0.2) is 4.68 Å². The summed E-state index contributed by atoms with van der Waals surface area (Å²) in [5.74, 6) is 0.0655. The van der Waals surface area contributed by atoms with Crippen LogP contribution in [0.25, 0.3) is 0 Å². The van der Waals surface area contributed by atoms with E-state index in [2.05, 4.69) is 20.8 Å². The first-order chi connectivity index (χ1) is 12.3. The van der Waals surface area contributed by atoms with Crippen LogP contribution in [0.2, 0.25) is 0 Å². The summed E-state index contributed by atoms with van der Waals surface area (Å²) < 4.78 is 12.7. The molecule has 0 aliphatic carbocycles. The lowest BCUT2D eigenvalue weighted by Crippen LogP contribution is -2.46. The van der Waals surface area contributed by atoms with Crippen molar-refractivity contribution in [2.75, 3.05) is 12.4 Å². The summed E-state index contributed by atoms with van der Waals surface area (Å²) in [6.07, 6.45) is -0.876. The van der Waals surface area contributed by atoms with Crippen molar-refractivity contribution in [3.8, 4) is 11.5 Å². The highest BCUT2D eigenvalue weighted by Crippen LogP contribution is 2.30. The van der Waals surface area contributed by atoms with Gasteiger partial charge in [0, 0.05) is 0 Å². The number of hydrogen-bond donors (Lipinski definition) is 1. The minimum Gasteiger partial charge on any atom is -0.485 e. The Labute approximate surface area is 154 Å². The van der Waals surface area contributed by atoms with Crippen LogP contribution < -0.4 is 14.8 Å². The Bertz CT molecular complexity index is 817. The number of thioether (sulfide) groups is 1. The molecule has 1 aromatic heterocycles. The zero-order chi connectivity index (χ0) is 18.7. The number of imide groups is 1. The maximum Gasteiger partial charge on any atom is 0.271 e. The maximum absolute atomic E-state index is 12.2. The fourth-order valence-corrected chi connectivity index (χ4v) is 3.08. The average molecular weight is 377 g/mol. The number of nitrogens with one attached hydrogen (secondary N) is 1. The van der Waals surface area contributed by atoms with Crippen LogP contribution in [0.5, 0.6) is 11.5 Å². The summed E-state index contributed by atoms with van der Waals surface area (Å²) >= 11 is 1.16. The van der Waals surface area contributed by atoms with Gasteiger partial charge in [0.2, 0.25) is 17.2 Å². The van der Waals surface area contributed by atoms with Gasteiger partial charge in [0.25, 0.3) is 5.91 Å². The van der Waals surface area contributed by atoms with Crippen molar-refractivity contribution in [2.45, 2.75) is 37.6 Å². The van der Waals surface area contributed by atoms with Crippen molar-refractivity contribution in [2.24, 2.45) is 0 Å². The molecule has 2 aromatic rings. The number of para-hydroxylation sites is 2. The van der Waals surface area contributed by atoms with E-state index < -0.39 is 17.9 Å². The molecule has 1 aromatic carbocycles. The number of aromatic nitrogens is 4. The van der Waals surface area contributed by atoms with Crippen LogP contribution in [0.15, 0.2) is 29.4 Å². The monoisotopic (exact) mass is 377 g/mol. The standard InChI is InChI=1S/C16H19N5O4S/c1-16(2,3)21-15(18-19-20-21)26-9-13(22)17-14(23)12-8-24-10-6-4-5-7-11(10)25-12/h4-7,12H,8-9H2,1-3H3,(H,17,22,23)/t12-/m0/s1. The molecule has 1 aliphatic heterocycles. The normalized spacial score (nSPS) is 16.2. The first kappa shape index (κ1) is 18.2. The van der Waals surface area contributed by atoms with Gasteiger partial charge in [-0.3, -0.25) is 14.9 Å². The molecule has 0 spiro atoms. The number of amides is 2. The number of ether oxygens (including phenoxy) is 2. The molecule has 2 amide bonds. The van der Waals surface area contributed by atoms with Crippen molar-refractivity contribution < 1.29 is 19.1 Å². The zero-order valence-corrected chi connectivity index (χ0v) is 15.4. The second kappa shape index (κ2) is 7.32. The minimum absolute atomic E-state index is 0.00631. The van der Waals surface area contributed by atoms with Crippen molar-refractivity contribution in [1.82, 2.24) is 25.5 Å². The molecule has 1 atom stereocenters. The van der Waals surface area contributed by atoms with E-state index in [0.29, 0.717) is 16.7 Å². The number of tetrazole rings is 1. The third kappa shape index (κ3) is 4.13. The Hall–Kier alpha value is -2.62. The van der Waals surface area contributed by atoms with Crippen LogP contribution in [-0.4, -0.2) is 50.5 Å². The van der Waals surface area contributed by atoms with E-state index in [1.54, 1.807) is 22.9 Å². The van der Waals surface area contributed by atoms with Crippen LogP contribution in [0.1, 0.15) is 20.8 Å². The minimum atomic E-state index is -0.876. The summed E-state index contributed by atoms with van der Waals surface area (Å²) in [6.45, 7) is 5.91. The molecular weight excluding hydrogens is 358 g/mol. The van der Waals surface area contributed by atoms with Gasteiger partial charge in [0.05, 0.1) is 11.3 Å². The number of benzene rings is 1. The summed E-state index contributed by atoms with van der Waals surface area (Å²) in [7, 11) is 0. The molecule has 1 aliphatic rings. The number of hydrogen-bond acceptors (Lipinski definition) is 8. The molecule has 138 valence electrons. The lowest BCUT2D eigenvalue weighted by atomic mass is 10.1. The SMILES string of the molecule is CC(C)(C)n1nnnc1SCC(=O)NC(=O)[C@@H]1COc2ccccc2O1. The second-order valence-electron chi connectivity index (χ2n) is 6.61. The first-order valence-corrected chi connectivity index (χ1v) is 8.97. The van der Waals surface area contributed by atoms with Crippen LogP contribution >= 0.6 is 11.8 Å². The van der Waals surface area contributed by atoms with Crippen LogP contribution in [-0.2, 0) is 15.1 Å². The van der Waals surface area contributed by atoms with Crippen molar-refractivity contribution in [1.29, 1.82) is 0 Å². The fourth-order valence-electron chi connectivity index (χ4n) is 2.22. The van der Waals surface area contributed by atoms with Gasteiger partial charge in [-0.15, -0.1) is 5.10 Å². The maximum atomic E-state index is 12.2. The number of carbonyl (C=O) groups excluding carboxylic acids is 2. The van der Waals surface area contributed by atoms with Gasteiger partial charge in [0.15, 0.2) is 11.5 Å². The Balaban J connectivity index is 1.53. The van der Waals surface area contributed by atoms with Crippen LogP contribution in [0, 0.1) is 0 Å². The van der Waals surface area contributed by atoms with E-state index in [4.69, 9.17) is 9.47 Å². The van der Waals surface area contributed by atoms with E-state index in [-0.39, 0.29) is 17.9 Å². The fraction of sp³-hybridized carbons (Fsp3) is 0.438. The van der Waals surface area contributed by atoms with Crippen molar-refractivity contribution in [3.63, 3.8) is 0 Å². The lowest BCUT2D eigenvalue weighted by molar-refractivity contribution is -0.135. The quantitative estimate of drug-likeness (QED) is 0.786. The predicted octanol–water partition coefficient (Wildman–Crippen LogP) is 1.00. The van der Waals surface area contributed by atoms with Crippen LogP contribution in [0.4, 0.5) is 0 Å². The average Bonchev–Trinajstić information content (AvgIpc) is 3.08. The van der Waals surface area contributed by atoms with Gasteiger partial charge in [-0.1, -0.05) is 23.9 Å². The molecule has 1 N–H and O–H groups in total. The third-order valence-corrected chi connectivity index (χ3v) is 4.39. The number of fused-ring (bicyclic) bond motifs is 1. The molecule has 0 bridgehead atoms. The topological polar surface area (TPSA) is 108 Å².